The highest BCUT2D eigenvalue weighted by molar-refractivity contribution is 5.94. The highest BCUT2D eigenvalue weighted by atomic mass is 19.1. The second-order valence-corrected chi connectivity index (χ2v) is 7.32. The summed E-state index contributed by atoms with van der Waals surface area (Å²) in [6.45, 7) is 5.60. The molecular formula is C22H23FN2O. The molecule has 1 aliphatic rings. The molecule has 1 aliphatic heterocycles. The monoisotopic (exact) mass is 350 g/mol. The van der Waals surface area contributed by atoms with Crippen LogP contribution in [0.4, 0.5) is 4.39 Å². The number of nitrogens with zero attached hydrogens (tertiary/aromatic N) is 1. The summed E-state index contributed by atoms with van der Waals surface area (Å²) in [7, 11) is 0. The second kappa shape index (κ2) is 6.60. The van der Waals surface area contributed by atoms with E-state index in [0.29, 0.717) is 5.92 Å². The highest BCUT2D eigenvalue weighted by Gasteiger charge is 2.25. The third-order valence-corrected chi connectivity index (χ3v) is 5.58. The molecule has 1 N–H and O–H groups in total. The van der Waals surface area contributed by atoms with E-state index in [-0.39, 0.29) is 11.7 Å². The molecule has 3 aromatic rings. The number of aromatic amines is 1. The molecular weight excluding hydrogens is 327 g/mol. The van der Waals surface area contributed by atoms with Crippen LogP contribution in [-0.2, 0) is 0 Å². The van der Waals surface area contributed by atoms with Crippen molar-refractivity contribution in [1.29, 1.82) is 0 Å². The number of benzene rings is 2. The molecule has 26 heavy (non-hydrogen) atoms. The minimum atomic E-state index is -0.211. The normalized spacial score (nSPS) is 15.6. The Morgan fingerprint density at radius 2 is 1.81 bits per heavy atom. The zero-order valence-corrected chi connectivity index (χ0v) is 15.2. The number of H-pyrrole nitrogens is 1. The summed E-state index contributed by atoms with van der Waals surface area (Å²) in [5.41, 5.74) is 5.23. The van der Waals surface area contributed by atoms with E-state index in [1.807, 2.05) is 36.1 Å². The van der Waals surface area contributed by atoms with Gasteiger partial charge in [-0.25, -0.2) is 4.39 Å². The Balaban J connectivity index is 1.46. The molecule has 0 spiro atoms. The smallest absolute Gasteiger partial charge is 0.253 e. The number of aromatic nitrogens is 1. The van der Waals surface area contributed by atoms with Crippen molar-refractivity contribution in [3.8, 4) is 0 Å². The first-order valence-corrected chi connectivity index (χ1v) is 9.16. The quantitative estimate of drug-likeness (QED) is 0.698. The SMILES string of the molecule is Cc1ccc(C(=O)N2CCC(c3cc4cc(F)ccc4[nH]3)CC2)cc1C. The van der Waals surface area contributed by atoms with Gasteiger partial charge in [0.05, 0.1) is 0 Å². The Morgan fingerprint density at radius 3 is 2.54 bits per heavy atom. The number of hydrogen-bond acceptors (Lipinski definition) is 1. The van der Waals surface area contributed by atoms with Gasteiger partial charge < -0.3 is 9.88 Å². The van der Waals surface area contributed by atoms with Gasteiger partial charge in [-0.05, 0) is 74.2 Å². The van der Waals surface area contributed by atoms with Crippen molar-refractivity contribution in [2.24, 2.45) is 0 Å². The Kier molecular flexibility index (Phi) is 4.27. The van der Waals surface area contributed by atoms with E-state index in [4.69, 9.17) is 0 Å². The molecule has 0 radical (unpaired) electrons. The minimum absolute atomic E-state index is 0.116. The lowest BCUT2D eigenvalue weighted by Crippen LogP contribution is -2.38. The highest BCUT2D eigenvalue weighted by Crippen LogP contribution is 2.30. The number of piperidine rings is 1. The fraction of sp³-hybridized carbons (Fsp3) is 0.318. The zero-order valence-electron chi connectivity index (χ0n) is 15.2. The fourth-order valence-electron chi connectivity index (χ4n) is 3.80. The molecule has 1 amide bonds. The van der Waals surface area contributed by atoms with Crippen LogP contribution >= 0.6 is 0 Å². The summed E-state index contributed by atoms with van der Waals surface area (Å²) in [6.07, 6.45) is 1.85. The van der Waals surface area contributed by atoms with E-state index in [1.54, 1.807) is 12.1 Å². The van der Waals surface area contributed by atoms with Crippen LogP contribution in [0.1, 0.15) is 45.9 Å². The van der Waals surface area contributed by atoms with Gasteiger partial charge in [0, 0.05) is 41.2 Å². The Morgan fingerprint density at radius 1 is 1.04 bits per heavy atom. The summed E-state index contributed by atoms with van der Waals surface area (Å²) in [5, 5.41) is 0.911. The lowest BCUT2D eigenvalue weighted by molar-refractivity contribution is 0.0712. The van der Waals surface area contributed by atoms with Crippen molar-refractivity contribution >= 4 is 16.8 Å². The maximum absolute atomic E-state index is 13.4. The van der Waals surface area contributed by atoms with Crippen molar-refractivity contribution in [1.82, 2.24) is 9.88 Å². The number of hydrogen-bond donors (Lipinski definition) is 1. The lowest BCUT2D eigenvalue weighted by atomic mass is 9.93. The van der Waals surface area contributed by atoms with E-state index < -0.39 is 0 Å². The number of carbonyl (C=O) groups excluding carboxylic acids is 1. The molecule has 2 heterocycles. The molecule has 1 saturated heterocycles. The van der Waals surface area contributed by atoms with Crippen LogP contribution < -0.4 is 0 Å². The van der Waals surface area contributed by atoms with Gasteiger partial charge in [0.25, 0.3) is 5.91 Å². The van der Waals surface area contributed by atoms with Crippen LogP contribution in [0.5, 0.6) is 0 Å². The Hall–Kier alpha value is -2.62. The Bertz CT molecular complexity index is 967. The molecule has 0 bridgehead atoms. The summed E-state index contributed by atoms with van der Waals surface area (Å²) in [5.74, 6) is 0.288. The minimum Gasteiger partial charge on any atom is -0.358 e. The average molecular weight is 350 g/mol. The van der Waals surface area contributed by atoms with Gasteiger partial charge >= 0.3 is 0 Å². The van der Waals surface area contributed by atoms with Crippen LogP contribution in [0.3, 0.4) is 0 Å². The molecule has 2 aromatic carbocycles. The van der Waals surface area contributed by atoms with Gasteiger partial charge in [0.1, 0.15) is 5.82 Å². The standard InChI is InChI=1S/C22H23FN2O/c1-14-3-4-17(11-15(14)2)22(26)25-9-7-16(8-10-25)21-13-18-12-19(23)5-6-20(18)24-21/h3-6,11-13,16,24H,7-10H2,1-2H3. The molecule has 0 unspecified atom stereocenters. The van der Waals surface area contributed by atoms with Gasteiger partial charge in [0.15, 0.2) is 0 Å². The number of fused-ring (bicyclic) bond motifs is 1. The third-order valence-electron chi connectivity index (χ3n) is 5.58. The van der Waals surface area contributed by atoms with Crippen molar-refractivity contribution in [2.75, 3.05) is 13.1 Å². The average Bonchev–Trinajstić information content (AvgIpc) is 3.06. The van der Waals surface area contributed by atoms with Crippen LogP contribution in [-0.4, -0.2) is 28.9 Å². The number of rotatable bonds is 2. The molecule has 4 rings (SSSR count). The van der Waals surface area contributed by atoms with E-state index in [2.05, 4.69) is 11.9 Å². The lowest BCUT2D eigenvalue weighted by Gasteiger charge is -2.31. The predicted octanol–water partition coefficient (Wildman–Crippen LogP) is 4.94. The van der Waals surface area contributed by atoms with Crippen molar-refractivity contribution in [3.63, 3.8) is 0 Å². The molecule has 4 heteroatoms. The van der Waals surface area contributed by atoms with Crippen molar-refractivity contribution in [2.45, 2.75) is 32.6 Å². The topological polar surface area (TPSA) is 36.1 Å². The molecule has 0 atom stereocenters. The molecule has 1 fully saturated rings. The first-order chi connectivity index (χ1) is 12.5. The third kappa shape index (κ3) is 3.12. The summed E-state index contributed by atoms with van der Waals surface area (Å²) in [4.78, 5) is 18.1. The van der Waals surface area contributed by atoms with Gasteiger partial charge in [-0.1, -0.05) is 6.07 Å². The van der Waals surface area contributed by atoms with Gasteiger partial charge in [0.2, 0.25) is 0 Å². The van der Waals surface area contributed by atoms with Crippen molar-refractivity contribution < 1.29 is 9.18 Å². The largest absolute Gasteiger partial charge is 0.358 e. The molecule has 0 aliphatic carbocycles. The van der Waals surface area contributed by atoms with Crippen molar-refractivity contribution in [3.05, 3.63) is 70.7 Å². The maximum Gasteiger partial charge on any atom is 0.253 e. The Labute approximate surface area is 152 Å². The van der Waals surface area contributed by atoms with Crippen LogP contribution in [0.25, 0.3) is 10.9 Å². The first-order valence-electron chi connectivity index (χ1n) is 9.16. The van der Waals surface area contributed by atoms with E-state index in [9.17, 15) is 9.18 Å². The van der Waals surface area contributed by atoms with Crippen LogP contribution in [0, 0.1) is 19.7 Å². The van der Waals surface area contributed by atoms with Crippen LogP contribution in [0.15, 0.2) is 42.5 Å². The second-order valence-electron chi connectivity index (χ2n) is 7.32. The van der Waals surface area contributed by atoms with E-state index in [0.717, 1.165) is 53.7 Å². The number of halogens is 1. The van der Waals surface area contributed by atoms with E-state index >= 15 is 0 Å². The summed E-state index contributed by atoms with van der Waals surface area (Å²) >= 11 is 0. The van der Waals surface area contributed by atoms with Gasteiger partial charge in [-0.15, -0.1) is 0 Å². The van der Waals surface area contributed by atoms with Crippen LogP contribution in [0.2, 0.25) is 0 Å². The molecule has 1 aromatic heterocycles. The number of aryl methyl sites for hydroxylation is 2. The summed E-state index contributed by atoms with van der Waals surface area (Å²) < 4.78 is 13.4. The van der Waals surface area contributed by atoms with Gasteiger partial charge in [-0.2, -0.15) is 0 Å². The first kappa shape index (κ1) is 16.8. The molecule has 134 valence electrons. The van der Waals surface area contributed by atoms with E-state index in [1.165, 1.54) is 11.6 Å². The van der Waals surface area contributed by atoms with Gasteiger partial charge in [-0.3, -0.25) is 4.79 Å². The number of carbonyl (C=O) groups is 1. The zero-order chi connectivity index (χ0) is 18.3. The maximum atomic E-state index is 13.4. The molecule has 0 saturated carbocycles. The summed E-state index contributed by atoms with van der Waals surface area (Å²) in [6, 6.07) is 12.8. The number of amides is 1. The predicted molar refractivity (Wildman–Crippen MR) is 102 cm³/mol. The number of nitrogens with one attached hydrogen (secondary N) is 1. The molecule has 3 nitrogen and oxygen atoms in total. The fourth-order valence-corrected chi connectivity index (χ4v) is 3.80. The number of likely N-dealkylation sites (tertiary alicyclic amines) is 1.